The third-order valence-corrected chi connectivity index (χ3v) is 8.04. The lowest BCUT2D eigenvalue weighted by atomic mass is 9.89. The van der Waals surface area contributed by atoms with Crippen molar-refractivity contribution in [3.63, 3.8) is 0 Å². The number of fused-ring (bicyclic) bond motifs is 1. The van der Waals surface area contributed by atoms with Gasteiger partial charge in [-0.2, -0.15) is 13.2 Å². The Labute approximate surface area is 224 Å². The molecule has 0 aliphatic heterocycles. The maximum atomic E-state index is 13.2. The molecule has 0 aliphatic carbocycles. The lowest BCUT2D eigenvalue weighted by molar-refractivity contribution is -0.185. The average molecular weight is 561 g/mol. The van der Waals surface area contributed by atoms with E-state index in [-0.39, 0.29) is 18.0 Å². The first-order valence-electron chi connectivity index (χ1n) is 12.4. The van der Waals surface area contributed by atoms with E-state index in [0.717, 1.165) is 42.6 Å². The van der Waals surface area contributed by atoms with Crippen LogP contribution in [0.5, 0.6) is 0 Å². The summed E-state index contributed by atoms with van der Waals surface area (Å²) in [6.07, 6.45) is -2.81. The standard InChI is InChI=1S/C26H31F3N6O3Si/c1-25(2,26(27,28)29)21-14-22(33-38-21)31-23(36)12-17-6-8-18(9-7-17)19-13-20-24(30-15-19)32-34-35(20)16-37-10-11-39(3,4)5/h6-9,13-15H,10-12,16H2,1-5H3,(H,31,33,36). The summed E-state index contributed by atoms with van der Waals surface area (Å²) in [6.45, 7) is 9.82. The summed E-state index contributed by atoms with van der Waals surface area (Å²) in [6, 6.07) is 11.4. The van der Waals surface area contributed by atoms with Crippen LogP contribution in [-0.4, -0.2) is 51.9 Å². The Bertz CT molecular complexity index is 1440. The number of amides is 1. The number of benzene rings is 1. The second-order valence-corrected chi connectivity index (χ2v) is 16.7. The molecule has 0 unspecified atom stereocenters. The van der Waals surface area contributed by atoms with Crippen LogP contribution in [0.2, 0.25) is 25.7 Å². The highest BCUT2D eigenvalue weighted by molar-refractivity contribution is 6.76. The minimum Gasteiger partial charge on any atom is -0.359 e. The zero-order chi connectivity index (χ0) is 28.4. The number of halogens is 3. The van der Waals surface area contributed by atoms with Crippen molar-refractivity contribution in [1.82, 2.24) is 25.1 Å². The molecule has 1 amide bonds. The third-order valence-electron chi connectivity index (χ3n) is 6.34. The van der Waals surface area contributed by atoms with Crippen molar-refractivity contribution in [1.29, 1.82) is 0 Å². The summed E-state index contributed by atoms with van der Waals surface area (Å²) in [7, 11) is -1.19. The Kier molecular flexibility index (Phi) is 7.93. The monoisotopic (exact) mass is 560 g/mol. The Morgan fingerprint density at radius 2 is 1.82 bits per heavy atom. The van der Waals surface area contributed by atoms with Gasteiger partial charge in [-0.25, -0.2) is 9.67 Å². The van der Waals surface area contributed by atoms with E-state index in [1.165, 1.54) is 0 Å². The summed E-state index contributed by atoms with van der Waals surface area (Å²) in [5, 5.41) is 14.3. The van der Waals surface area contributed by atoms with Gasteiger partial charge in [0.05, 0.1) is 6.42 Å². The molecule has 4 rings (SSSR count). The van der Waals surface area contributed by atoms with Gasteiger partial charge in [0.15, 0.2) is 11.6 Å². The average Bonchev–Trinajstić information content (AvgIpc) is 3.48. The molecule has 0 saturated carbocycles. The van der Waals surface area contributed by atoms with Crippen molar-refractivity contribution in [2.24, 2.45) is 0 Å². The number of alkyl halides is 3. The third kappa shape index (κ3) is 6.90. The van der Waals surface area contributed by atoms with Gasteiger partial charge in [-0.1, -0.05) is 54.3 Å². The Balaban J connectivity index is 1.38. The van der Waals surface area contributed by atoms with E-state index < -0.39 is 25.6 Å². The van der Waals surface area contributed by atoms with E-state index in [0.29, 0.717) is 24.5 Å². The van der Waals surface area contributed by atoms with E-state index >= 15 is 0 Å². The number of rotatable bonds is 10. The number of anilines is 1. The zero-order valence-corrected chi connectivity index (χ0v) is 23.5. The highest BCUT2D eigenvalue weighted by Gasteiger charge is 2.51. The van der Waals surface area contributed by atoms with Crippen molar-refractivity contribution in [3.05, 3.63) is 53.9 Å². The van der Waals surface area contributed by atoms with Crippen LogP contribution >= 0.6 is 0 Å². The molecule has 0 fully saturated rings. The summed E-state index contributed by atoms with van der Waals surface area (Å²) in [5.74, 6) is -0.882. The number of carbonyl (C=O) groups excluding carboxylic acids is 1. The van der Waals surface area contributed by atoms with Crippen molar-refractivity contribution in [2.75, 3.05) is 11.9 Å². The lowest BCUT2D eigenvalue weighted by Gasteiger charge is -2.24. The largest absolute Gasteiger partial charge is 0.401 e. The summed E-state index contributed by atoms with van der Waals surface area (Å²) < 4.78 is 52.0. The van der Waals surface area contributed by atoms with Gasteiger partial charge < -0.3 is 14.6 Å². The van der Waals surface area contributed by atoms with E-state index in [9.17, 15) is 18.0 Å². The van der Waals surface area contributed by atoms with Crippen molar-refractivity contribution in [2.45, 2.75) is 64.3 Å². The second-order valence-electron chi connectivity index (χ2n) is 11.1. The van der Waals surface area contributed by atoms with Gasteiger partial charge in [0.2, 0.25) is 11.6 Å². The van der Waals surface area contributed by atoms with Gasteiger partial charge in [0, 0.05) is 32.5 Å². The topological polar surface area (TPSA) is 108 Å². The fourth-order valence-electron chi connectivity index (χ4n) is 3.60. The van der Waals surface area contributed by atoms with E-state index in [1.807, 2.05) is 18.2 Å². The maximum Gasteiger partial charge on any atom is 0.401 e. The van der Waals surface area contributed by atoms with Crippen molar-refractivity contribution in [3.8, 4) is 11.1 Å². The van der Waals surface area contributed by atoms with Crippen LogP contribution in [0.4, 0.5) is 19.0 Å². The van der Waals surface area contributed by atoms with Crippen LogP contribution in [0.25, 0.3) is 22.3 Å². The fraction of sp³-hybridized carbons (Fsp3) is 0.423. The van der Waals surface area contributed by atoms with Gasteiger partial charge in [0.1, 0.15) is 17.7 Å². The molecule has 3 heterocycles. The van der Waals surface area contributed by atoms with Crippen LogP contribution in [0.3, 0.4) is 0 Å². The predicted octanol–water partition coefficient (Wildman–Crippen LogP) is 5.81. The quantitative estimate of drug-likeness (QED) is 0.192. The van der Waals surface area contributed by atoms with E-state index in [2.05, 4.69) is 45.4 Å². The molecule has 13 heteroatoms. The van der Waals surface area contributed by atoms with Crippen molar-refractivity contribution >= 4 is 31.0 Å². The number of aromatic nitrogens is 5. The predicted molar refractivity (Wildman–Crippen MR) is 143 cm³/mol. The number of hydrogen-bond acceptors (Lipinski definition) is 7. The van der Waals surface area contributed by atoms with Crippen LogP contribution in [0, 0.1) is 0 Å². The Hall–Kier alpha value is -3.58. The molecule has 0 atom stereocenters. The fourth-order valence-corrected chi connectivity index (χ4v) is 4.35. The molecule has 208 valence electrons. The number of pyridine rings is 1. The molecule has 4 aromatic rings. The maximum absolute atomic E-state index is 13.2. The molecular weight excluding hydrogens is 529 g/mol. The van der Waals surface area contributed by atoms with Gasteiger partial charge in [-0.3, -0.25) is 4.79 Å². The molecule has 1 N–H and O–H groups in total. The SMILES string of the molecule is CC(C)(c1cc(NC(=O)Cc2ccc(-c3cnc4nnn(COCC[Si](C)(C)C)c4c3)cc2)no1)C(F)(F)F. The molecule has 39 heavy (non-hydrogen) atoms. The number of hydrogen-bond donors (Lipinski definition) is 1. The number of carbonyl (C=O) groups is 1. The highest BCUT2D eigenvalue weighted by Crippen LogP contribution is 2.41. The summed E-state index contributed by atoms with van der Waals surface area (Å²) in [5.41, 5.74) is 1.50. The molecule has 0 spiro atoms. The number of ether oxygens (including phenoxy) is 1. The second kappa shape index (κ2) is 10.9. The van der Waals surface area contributed by atoms with Crippen LogP contribution in [0.1, 0.15) is 25.2 Å². The zero-order valence-electron chi connectivity index (χ0n) is 22.5. The molecule has 1 aromatic carbocycles. The molecule has 0 radical (unpaired) electrons. The van der Waals surface area contributed by atoms with Crippen molar-refractivity contribution < 1.29 is 27.2 Å². The van der Waals surface area contributed by atoms with Gasteiger partial charge >= 0.3 is 6.18 Å². The molecule has 3 aromatic heterocycles. The molecule has 9 nitrogen and oxygen atoms in total. The minimum absolute atomic E-state index is 0.00781. The number of nitrogens with one attached hydrogen (secondary N) is 1. The lowest BCUT2D eigenvalue weighted by Crippen LogP contribution is -2.35. The summed E-state index contributed by atoms with van der Waals surface area (Å²) in [4.78, 5) is 16.9. The van der Waals surface area contributed by atoms with Gasteiger partial charge in [-0.05, 0) is 37.1 Å². The van der Waals surface area contributed by atoms with Crippen LogP contribution in [-0.2, 0) is 28.1 Å². The van der Waals surface area contributed by atoms with Gasteiger partial charge in [-0.15, -0.1) is 5.10 Å². The highest BCUT2D eigenvalue weighted by atomic mass is 28.3. The molecule has 0 bridgehead atoms. The first kappa shape index (κ1) is 28.4. The Morgan fingerprint density at radius 1 is 1.10 bits per heavy atom. The smallest absolute Gasteiger partial charge is 0.359 e. The van der Waals surface area contributed by atoms with Crippen LogP contribution < -0.4 is 5.32 Å². The molecular formula is C26H31F3N6O3Si. The van der Waals surface area contributed by atoms with E-state index in [1.54, 1.807) is 23.0 Å². The molecule has 0 saturated heterocycles. The van der Waals surface area contributed by atoms with E-state index in [4.69, 9.17) is 9.26 Å². The van der Waals surface area contributed by atoms with Crippen LogP contribution in [0.15, 0.2) is 47.1 Å². The first-order valence-corrected chi connectivity index (χ1v) is 16.1. The molecule has 0 aliphatic rings. The normalized spacial score (nSPS) is 12.7. The number of nitrogens with zero attached hydrogens (tertiary/aromatic N) is 5. The summed E-state index contributed by atoms with van der Waals surface area (Å²) >= 11 is 0. The minimum atomic E-state index is -4.52. The Morgan fingerprint density at radius 3 is 2.49 bits per heavy atom. The first-order chi connectivity index (χ1) is 18.2. The van der Waals surface area contributed by atoms with Gasteiger partial charge in [0.25, 0.3) is 0 Å².